The fourth-order valence-corrected chi connectivity index (χ4v) is 1.80. The summed E-state index contributed by atoms with van der Waals surface area (Å²) in [6.07, 6.45) is 0.366. The first-order valence-electron chi connectivity index (χ1n) is 6.94. The predicted molar refractivity (Wildman–Crippen MR) is 79.9 cm³/mol. The van der Waals surface area contributed by atoms with Gasteiger partial charge >= 0.3 is 18.0 Å². The van der Waals surface area contributed by atoms with Gasteiger partial charge in [-0.05, 0) is 27.7 Å². The first-order chi connectivity index (χ1) is 10.7. The molecule has 0 aliphatic carbocycles. The number of carbonyl (C=O) groups excluding carboxylic acids is 3. The number of methoxy groups -OCH3 is 2. The third kappa shape index (κ3) is 4.24. The van der Waals surface area contributed by atoms with Gasteiger partial charge in [0.25, 0.3) is 0 Å². The van der Waals surface area contributed by atoms with Crippen molar-refractivity contribution < 1.29 is 33.3 Å². The number of rotatable bonds is 4. The van der Waals surface area contributed by atoms with Crippen LogP contribution in [0.15, 0.2) is 6.20 Å². The van der Waals surface area contributed by atoms with E-state index in [2.05, 4.69) is 9.47 Å². The summed E-state index contributed by atoms with van der Waals surface area (Å²) in [5.74, 6) is -1.68. The Labute approximate surface area is 134 Å². The van der Waals surface area contributed by atoms with Gasteiger partial charge in [0.1, 0.15) is 11.2 Å². The lowest BCUT2D eigenvalue weighted by molar-refractivity contribution is 0.0476. The molecule has 0 aromatic carbocycles. The molecule has 128 valence electrons. The van der Waals surface area contributed by atoms with E-state index in [0.29, 0.717) is 0 Å². The van der Waals surface area contributed by atoms with Crippen LogP contribution in [-0.2, 0) is 14.2 Å². The molecule has 0 fully saturated rings. The van der Waals surface area contributed by atoms with Crippen LogP contribution in [0.3, 0.4) is 0 Å². The fourth-order valence-electron chi connectivity index (χ4n) is 1.80. The smallest absolute Gasteiger partial charge is 0.419 e. The zero-order chi connectivity index (χ0) is 17.8. The largest absolute Gasteiger partial charge is 0.491 e. The second-order valence-electron chi connectivity index (χ2n) is 5.48. The fraction of sp³-hybridized carbons (Fsp3) is 0.533. The highest BCUT2D eigenvalue weighted by Gasteiger charge is 2.33. The number of carbonyl (C=O) groups is 3. The van der Waals surface area contributed by atoms with Crippen molar-refractivity contribution in [2.24, 2.45) is 0 Å². The van der Waals surface area contributed by atoms with Crippen molar-refractivity contribution in [3.05, 3.63) is 17.5 Å². The molecule has 1 aromatic rings. The van der Waals surface area contributed by atoms with Crippen molar-refractivity contribution in [1.29, 1.82) is 0 Å². The minimum absolute atomic E-state index is 0.0330. The Hall–Kier alpha value is -2.51. The SMILES string of the molecule is CCOc1cn(C(=O)OC(C)(C)C)c(C(=O)OC)c1C(=O)OC. The molecule has 0 aliphatic rings. The van der Waals surface area contributed by atoms with Crippen LogP contribution in [-0.4, -0.2) is 49.0 Å². The Balaban J connectivity index is 3.53. The van der Waals surface area contributed by atoms with E-state index in [1.165, 1.54) is 6.20 Å². The summed E-state index contributed by atoms with van der Waals surface area (Å²) in [5.41, 5.74) is -1.28. The normalized spacial score (nSPS) is 10.9. The monoisotopic (exact) mass is 327 g/mol. The molecule has 8 heteroatoms. The van der Waals surface area contributed by atoms with Crippen LogP contribution in [0.1, 0.15) is 48.5 Å². The number of ether oxygens (including phenoxy) is 4. The van der Waals surface area contributed by atoms with E-state index in [0.717, 1.165) is 18.8 Å². The quantitative estimate of drug-likeness (QED) is 0.618. The standard InChI is InChI=1S/C15H21NO7/c1-7-22-9-8-16(14(19)23-15(2,3)4)11(13(18)21-6)10(9)12(17)20-5/h8H,7H2,1-6H3. The van der Waals surface area contributed by atoms with Crippen LogP contribution in [0.2, 0.25) is 0 Å². The second kappa shape index (κ2) is 7.17. The van der Waals surface area contributed by atoms with Crippen LogP contribution >= 0.6 is 0 Å². The average Bonchev–Trinajstić information content (AvgIpc) is 2.83. The van der Waals surface area contributed by atoms with Crippen molar-refractivity contribution in [3.63, 3.8) is 0 Å². The predicted octanol–water partition coefficient (Wildman–Crippen LogP) is 2.24. The minimum Gasteiger partial charge on any atom is -0.491 e. The molecule has 23 heavy (non-hydrogen) atoms. The van der Waals surface area contributed by atoms with E-state index in [-0.39, 0.29) is 23.6 Å². The van der Waals surface area contributed by atoms with Gasteiger partial charge in [-0.1, -0.05) is 0 Å². The van der Waals surface area contributed by atoms with Gasteiger partial charge in [0.2, 0.25) is 0 Å². The Bertz CT molecular complexity index is 610. The third-order valence-corrected chi connectivity index (χ3v) is 2.63. The van der Waals surface area contributed by atoms with E-state index in [1.54, 1.807) is 27.7 Å². The molecule has 1 aromatic heterocycles. The lowest BCUT2D eigenvalue weighted by Gasteiger charge is -2.20. The average molecular weight is 327 g/mol. The maximum absolute atomic E-state index is 12.3. The van der Waals surface area contributed by atoms with Crippen LogP contribution in [0.4, 0.5) is 4.79 Å². The van der Waals surface area contributed by atoms with Gasteiger partial charge < -0.3 is 18.9 Å². The highest BCUT2D eigenvalue weighted by Crippen LogP contribution is 2.28. The van der Waals surface area contributed by atoms with Gasteiger partial charge in [0.05, 0.1) is 27.0 Å². The molecular formula is C15H21NO7. The van der Waals surface area contributed by atoms with Crippen LogP contribution in [0.25, 0.3) is 0 Å². The molecule has 0 radical (unpaired) electrons. The van der Waals surface area contributed by atoms with E-state index >= 15 is 0 Å². The topological polar surface area (TPSA) is 93.1 Å². The lowest BCUT2D eigenvalue weighted by atomic mass is 10.2. The van der Waals surface area contributed by atoms with Gasteiger partial charge in [0.15, 0.2) is 11.4 Å². The molecule has 0 bridgehead atoms. The van der Waals surface area contributed by atoms with E-state index in [9.17, 15) is 14.4 Å². The number of hydrogen-bond donors (Lipinski definition) is 0. The van der Waals surface area contributed by atoms with Gasteiger partial charge in [-0.3, -0.25) is 0 Å². The van der Waals surface area contributed by atoms with Crippen molar-refractivity contribution in [1.82, 2.24) is 4.57 Å². The highest BCUT2D eigenvalue weighted by molar-refractivity contribution is 6.06. The zero-order valence-electron chi connectivity index (χ0n) is 14.1. The molecule has 8 nitrogen and oxygen atoms in total. The Morgan fingerprint density at radius 3 is 2.09 bits per heavy atom. The molecule has 0 spiro atoms. The molecule has 0 unspecified atom stereocenters. The maximum Gasteiger partial charge on any atom is 0.419 e. The first-order valence-corrected chi connectivity index (χ1v) is 6.94. The van der Waals surface area contributed by atoms with Crippen LogP contribution in [0, 0.1) is 0 Å². The van der Waals surface area contributed by atoms with Gasteiger partial charge in [-0.15, -0.1) is 0 Å². The third-order valence-electron chi connectivity index (χ3n) is 2.63. The summed E-state index contributed by atoms with van der Waals surface area (Å²) < 4.78 is 20.7. The van der Waals surface area contributed by atoms with Gasteiger partial charge in [-0.25, -0.2) is 19.0 Å². The molecule has 0 N–H and O–H groups in total. The van der Waals surface area contributed by atoms with E-state index < -0.39 is 23.6 Å². The first kappa shape index (κ1) is 18.5. The molecule has 0 amide bonds. The number of nitrogens with zero attached hydrogens (tertiary/aromatic N) is 1. The summed E-state index contributed by atoms with van der Waals surface area (Å²) in [7, 11) is 2.29. The maximum atomic E-state index is 12.3. The molecule has 0 saturated heterocycles. The van der Waals surface area contributed by atoms with E-state index in [1.807, 2.05) is 0 Å². The van der Waals surface area contributed by atoms with Gasteiger partial charge in [-0.2, -0.15) is 0 Å². The van der Waals surface area contributed by atoms with Gasteiger partial charge in [0, 0.05) is 0 Å². The second-order valence-corrected chi connectivity index (χ2v) is 5.48. The van der Waals surface area contributed by atoms with Crippen LogP contribution < -0.4 is 4.74 Å². The number of hydrogen-bond acceptors (Lipinski definition) is 7. The Morgan fingerprint density at radius 2 is 1.65 bits per heavy atom. The molecule has 1 rings (SSSR count). The van der Waals surface area contributed by atoms with Crippen molar-refractivity contribution in [3.8, 4) is 5.75 Å². The van der Waals surface area contributed by atoms with Crippen molar-refractivity contribution in [2.45, 2.75) is 33.3 Å². The van der Waals surface area contributed by atoms with Crippen LogP contribution in [0.5, 0.6) is 5.75 Å². The lowest BCUT2D eigenvalue weighted by Crippen LogP contribution is -2.29. The molecular weight excluding hydrogens is 306 g/mol. The van der Waals surface area contributed by atoms with E-state index in [4.69, 9.17) is 9.47 Å². The number of aromatic nitrogens is 1. The van der Waals surface area contributed by atoms with Crippen molar-refractivity contribution >= 4 is 18.0 Å². The minimum atomic E-state index is -0.887. The summed E-state index contributed by atoms with van der Waals surface area (Å²) in [4.78, 5) is 36.4. The molecule has 0 atom stereocenters. The summed E-state index contributed by atoms with van der Waals surface area (Å²) in [6.45, 7) is 6.96. The Kier molecular flexibility index (Phi) is 5.78. The summed E-state index contributed by atoms with van der Waals surface area (Å²) in [6, 6.07) is 0. The molecule has 1 heterocycles. The summed E-state index contributed by atoms with van der Waals surface area (Å²) >= 11 is 0. The Morgan fingerprint density at radius 1 is 1.09 bits per heavy atom. The molecule has 0 saturated carbocycles. The number of esters is 2. The zero-order valence-corrected chi connectivity index (χ0v) is 14.1. The highest BCUT2D eigenvalue weighted by atomic mass is 16.6. The van der Waals surface area contributed by atoms with Crippen molar-refractivity contribution in [2.75, 3.05) is 20.8 Å². The summed E-state index contributed by atoms with van der Waals surface area (Å²) in [5, 5.41) is 0. The molecule has 0 aliphatic heterocycles.